The van der Waals surface area contributed by atoms with Crippen LogP contribution in [0.2, 0.25) is 0 Å². The van der Waals surface area contributed by atoms with Crippen LogP contribution in [0.15, 0.2) is 57.5 Å². The molecule has 1 amide bonds. The van der Waals surface area contributed by atoms with E-state index < -0.39 is 15.8 Å². The third-order valence-electron chi connectivity index (χ3n) is 6.91. The van der Waals surface area contributed by atoms with Crippen molar-refractivity contribution in [2.24, 2.45) is 11.8 Å². The minimum atomic E-state index is -3.62. The first-order chi connectivity index (χ1) is 18.4. The summed E-state index contributed by atoms with van der Waals surface area (Å²) in [5, 5.41) is 11.8. The molecule has 1 N–H and O–H groups in total. The van der Waals surface area contributed by atoms with Crippen LogP contribution in [0.4, 0.5) is 5.95 Å². The van der Waals surface area contributed by atoms with Crippen LogP contribution < -0.4 is 10.2 Å². The molecule has 1 aromatic carbocycles. The number of nitriles is 1. The number of amides is 1. The molecule has 0 bridgehead atoms. The highest BCUT2D eigenvalue weighted by atomic mass is 32.2. The number of nitrogens with zero attached hydrogens (tertiary/aromatic N) is 5. The summed E-state index contributed by atoms with van der Waals surface area (Å²) in [7, 11) is -3.62. The van der Waals surface area contributed by atoms with Crippen LogP contribution in [0.3, 0.4) is 0 Å². The van der Waals surface area contributed by atoms with Gasteiger partial charge in [-0.3, -0.25) is 4.79 Å². The number of hydrogen-bond acceptors (Lipinski definition) is 10. The molecular formula is C26H30N6O4S2. The van der Waals surface area contributed by atoms with Gasteiger partial charge in [0.1, 0.15) is 6.54 Å². The van der Waals surface area contributed by atoms with Gasteiger partial charge in [-0.1, -0.05) is 24.6 Å². The molecule has 0 radical (unpaired) electrons. The van der Waals surface area contributed by atoms with Crippen LogP contribution in [0.25, 0.3) is 0 Å². The summed E-state index contributed by atoms with van der Waals surface area (Å²) >= 11 is 1.25. The summed E-state index contributed by atoms with van der Waals surface area (Å²) < 4.78 is 26.4. The molecule has 200 valence electrons. The first kappa shape index (κ1) is 27.6. The Labute approximate surface area is 227 Å². The van der Waals surface area contributed by atoms with E-state index in [0.717, 1.165) is 17.7 Å². The van der Waals surface area contributed by atoms with Gasteiger partial charge in [-0.05, 0) is 49.1 Å². The molecule has 2 aromatic rings. The number of piperazine rings is 1. The molecule has 1 aliphatic heterocycles. The fourth-order valence-electron chi connectivity index (χ4n) is 4.93. The second kappa shape index (κ2) is 12.9. The molecule has 2 fully saturated rings. The average molecular weight is 555 g/mol. The number of anilines is 1. The summed E-state index contributed by atoms with van der Waals surface area (Å²) in [6, 6.07) is 10.2. The molecule has 10 nitrogen and oxygen atoms in total. The Morgan fingerprint density at radius 3 is 2.42 bits per heavy atom. The quantitative estimate of drug-likeness (QED) is 0.279. The zero-order valence-corrected chi connectivity index (χ0v) is 22.6. The van der Waals surface area contributed by atoms with Crippen molar-refractivity contribution < 1.29 is 18.0 Å². The number of sulfone groups is 1. The van der Waals surface area contributed by atoms with E-state index in [9.17, 15) is 18.0 Å². The van der Waals surface area contributed by atoms with Crippen molar-refractivity contribution in [3.05, 3.63) is 47.8 Å². The number of thioether (sulfide) groups is 1. The average Bonchev–Trinajstić information content (AvgIpc) is 2.95. The third kappa shape index (κ3) is 6.92. The Morgan fingerprint density at radius 1 is 1.08 bits per heavy atom. The first-order valence-electron chi connectivity index (χ1n) is 12.6. The van der Waals surface area contributed by atoms with Crippen molar-refractivity contribution >= 4 is 39.4 Å². The fraction of sp³-hybridized carbons (Fsp3) is 0.462. The van der Waals surface area contributed by atoms with Crippen molar-refractivity contribution in [2.45, 2.75) is 35.5 Å². The zero-order valence-electron chi connectivity index (χ0n) is 21.0. The molecule has 12 heteroatoms. The summed E-state index contributed by atoms with van der Waals surface area (Å²) in [5.41, 5.74) is 0. The van der Waals surface area contributed by atoms with E-state index in [1.807, 2.05) is 16.9 Å². The molecule has 2 atom stereocenters. The highest BCUT2D eigenvalue weighted by Crippen LogP contribution is 2.34. The number of carbonyl (C=O) groups is 1. The lowest BCUT2D eigenvalue weighted by Crippen LogP contribution is -2.46. The maximum Gasteiger partial charge on any atom is 0.225 e. The van der Waals surface area contributed by atoms with Crippen LogP contribution in [0, 0.1) is 23.2 Å². The van der Waals surface area contributed by atoms with Gasteiger partial charge in [-0.25, -0.2) is 23.2 Å². The highest BCUT2D eigenvalue weighted by molar-refractivity contribution is 8.03. The minimum absolute atomic E-state index is 0.0811. The molecule has 1 aliphatic carbocycles. The van der Waals surface area contributed by atoms with Crippen molar-refractivity contribution in [1.82, 2.24) is 20.2 Å². The van der Waals surface area contributed by atoms with Gasteiger partial charge < -0.3 is 15.1 Å². The second-order valence-corrected chi connectivity index (χ2v) is 12.4. The molecule has 1 saturated heterocycles. The van der Waals surface area contributed by atoms with E-state index in [-0.39, 0.29) is 29.0 Å². The van der Waals surface area contributed by atoms with Gasteiger partial charge in [0.05, 0.1) is 16.7 Å². The van der Waals surface area contributed by atoms with Gasteiger partial charge >= 0.3 is 0 Å². The Balaban J connectivity index is 1.36. The van der Waals surface area contributed by atoms with Crippen molar-refractivity contribution in [3.63, 3.8) is 0 Å². The van der Waals surface area contributed by atoms with Crippen molar-refractivity contribution in [1.29, 1.82) is 5.26 Å². The molecule has 2 aliphatic rings. The van der Waals surface area contributed by atoms with Gasteiger partial charge in [0, 0.05) is 49.4 Å². The maximum atomic E-state index is 13.2. The van der Waals surface area contributed by atoms with Gasteiger partial charge in [-0.2, -0.15) is 5.26 Å². The van der Waals surface area contributed by atoms with E-state index >= 15 is 0 Å². The van der Waals surface area contributed by atoms with Gasteiger partial charge in [0.2, 0.25) is 11.9 Å². The topological polar surface area (TPSA) is 136 Å². The number of rotatable bonds is 9. The summed E-state index contributed by atoms with van der Waals surface area (Å²) in [6.45, 7) is 2.50. The molecule has 1 aromatic heterocycles. The Morgan fingerprint density at radius 2 is 1.76 bits per heavy atom. The number of nitrogens with one attached hydrogen (secondary N) is 1. The SMILES string of the molecule is N#CCNC(=O)[C@@H]1CCCC[C@H]1CS(=O)(=O)c1ccc(SC(=C=O)N2CCN(c3ncccn3)CC2)cc1. The Bertz CT molecular complexity index is 1300. The van der Waals surface area contributed by atoms with Crippen molar-refractivity contribution in [2.75, 3.05) is 43.4 Å². The predicted octanol–water partition coefficient (Wildman–Crippen LogP) is 2.28. The van der Waals surface area contributed by atoms with Gasteiger partial charge in [0.15, 0.2) is 20.8 Å². The van der Waals surface area contributed by atoms with Crippen LogP contribution in [0.1, 0.15) is 25.7 Å². The molecular weight excluding hydrogens is 524 g/mol. The number of benzene rings is 1. The standard InChI is InChI=1S/C26H30N6O4S2/c27-10-13-28-25(34)23-5-2-1-4-20(23)19-38(35,36)22-8-6-21(7-9-22)37-24(18-33)31-14-16-32(17-15-31)26-29-11-3-12-30-26/h3,6-9,11-12,20,23H,1-2,4-5,13-17,19H2,(H,28,34)/t20-,23+/m0/s1. The first-order valence-corrected chi connectivity index (χ1v) is 15.1. The van der Waals surface area contributed by atoms with Crippen LogP contribution >= 0.6 is 11.8 Å². The monoisotopic (exact) mass is 554 g/mol. The van der Waals surface area contributed by atoms with E-state index in [1.54, 1.807) is 42.7 Å². The lowest BCUT2D eigenvalue weighted by Gasteiger charge is -2.35. The Hall–Kier alpha value is -3.39. The van der Waals surface area contributed by atoms with E-state index in [1.165, 1.54) is 11.8 Å². The summed E-state index contributed by atoms with van der Waals surface area (Å²) in [4.78, 5) is 37.7. The molecule has 4 rings (SSSR count). The maximum absolute atomic E-state index is 13.2. The fourth-order valence-corrected chi connectivity index (χ4v) is 7.48. The molecule has 0 spiro atoms. The zero-order chi connectivity index (χ0) is 27.0. The van der Waals surface area contributed by atoms with E-state index in [0.29, 0.717) is 50.0 Å². The molecule has 38 heavy (non-hydrogen) atoms. The lowest BCUT2D eigenvalue weighted by molar-refractivity contribution is -0.127. The number of aromatic nitrogens is 2. The van der Waals surface area contributed by atoms with Crippen LogP contribution in [-0.2, 0) is 19.4 Å². The minimum Gasteiger partial charge on any atom is -0.354 e. The van der Waals surface area contributed by atoms with Crippen LogP contribution in [0.5, 0.6) is 0 Å². The molecule has 2 heterocycles. The van der Waals surface area contributed by atoms with Gasteiger partial charge in [-0.15, -0.1) is 0 Å². The summed E-state index contributed by atoms with van der Waals surface area (Å²) in [5.74, 6) is 1.64. The van der Waals surface area contributed by atoms with E-state index in [2.05, 4.69) is 20.2 Å². The second-order valence-electron chi connectivity index (χ2n) is 9.31. The van der Waals surface area contributed by atoms with Gasteiger partial charge in [0.25, 0.3) is 0 Å². The summed E-state index contributed by atoms with van der Waals surface area (Å²) in [6.07, 6.45) is 6.44. The largest absolute Gasteiger partial charge is 0.354 e. The predicted molar refractivity (Wildman–Crippen MR) is 143 cm³/mol. The number of hydrogen-bond donors (Lipinski definition) is 1. The van der Waals surface area contributed by atoms with Crippen LogP contribution in [-0.4, -0.2) is 73.6 Å². The lowest BCUT2D eigenvalue weighted by atomic mass is 9.80. The smallest absolute Gasteiger partial charge is 0.225 e. The van der Waals surface area contributed by atoms with Crippen molar-refractivity contribution in [3.8, 4) is 6.07 Å². The van der Waals surface area contributed by atoms with E-state index in [4.69, 9.17) is 5.26 Å². The molecule has 0 unspecified atom stereocenters. The highest BCUT2D eigenvalue weighted by Gasteiger charge is 2.34. The number of carbonyl (C=O) groups excluding carboxylic acids is 2. The molecule has 1 saturated carbocycles. The third-order valence-corrected chi connectivity index (χ3v) is 9.81. The normalized spacial score (nSPS) is 19.8. The Kier molecular flexibility index (Phi) is 9.39.